The Kier molecular flexibility index (Phi) is 13.1. The van der Waals surface area contributed by atoms with Crippen LogP contribution in [0.4, 0.5) is 4.79 Å². The van der Waals surface area contributed by atoms with Gasteiger partial charge in [-0.15, -0.1) is 0 Å². The number of nitrogens with one attached hydrogen (secondary N) is 2. The Morgan fingerprint density at radius 1 is 0.947 bits per heavy atom. The highest BCUT2D eigenvalue weighted by atomic mass is 28.4. The number of hydrogen-bond donors (Lipinski definition) is 2. The Morgan fingerprint density at radius 2 is 1.61 bits per heavy atom. The van der Waals surface area contributed by atoms with Gasteiger partial charge < -0.3 is 23.8 Å². The molecule has 6 bridgehead atoms. The molecule has 0 aliphatic carbocycles. The number of ketones is 1. The fraction of sp³-hybridized carbons (Fsp3) is 0.600. The van der Waals surface area contributed by atoms with Crippen LogP contribution in [0, 0.1) is 5.92 Å². The molecule has 3 aromatic rings. The van der Waals surface area contributed by atoms with E-state index in [-0.39, 0.29) is 30.6 Å². The normalized spacial score (nSPS) is 20.1. The van der Waals surface area contributed by atoms with Gasteiger partial charge in [-0.25, -0.2) is 10.2 Å². The first kappa shape index (κ1) is 43.9. The number of Topliss-reactive ketones (excluding diaryl/α,β-unsaturated/α-hetero) is 1. The molecular weight excluding hydrogens is 737 g/mol. The molecule has 1 aromatic heterocycles. The van der Waals surface area contributed by atoms with Crippen molar-refractivity contribution in [3.63, 3.8) is 0 Å². The lowest BCUT2D eigenvalue weighted by molar-refractivity contribution is -0.153. The maximum atomic E-state index is 14.4. The van der Waals surface area contributed by atoms with Gasteiger partial charge in [0, 0.05) is 42.5 Å². The second kappa shape index (κ2) is 17.0. The summed E-state index contributed by atoms with van der Waals surface area (Å²) in [7, 11) is -2.42. The summed E-state index contributed by atoms with van der Waals surface area (Å²) in [5.74, 6) is -0.0781. The van der Waals surface area contributed by atoms with Crippen molar-refractivity contribution in [3.8, 4) is 16.9 Å². The molecule has 1 fully saturated rings. The van der Waals surface area contributed by atoms with Gasteiger partial charge in [0.15, 0.2) is 0 Å². The first-order valence-electron chi connectivity index (χ1n) is 20.7. The van der Waals surface area contributed by atoms with Crippen molar-refractivity contribution in [2.45, 2.75) is 156 Å². The molecule has 3 atom stereocenters. The Labute approximate surface area is 340 Å². The lowest BCUT2D eigenvalue weighted by atomic mass is 9.81. The number of carbonyl (C=O) groups is 4. The van der Waals surface area contributed by atoms with Crippen LogP contribution in [0.1, 0.15) is 114 Å². The first-order chi connectivity index (χ1) is 26.5. The van der Waals surface area contributed by atoms with E-state index < -0.39 is 43.5 Å². The maximum absolute atomic E-state index is 14.4. The summed E-state index contributed by atoms with van der Waals surface area (Å²) < 4.78 is 21.0. The van der Waals surface area contributed by atoms with Crippen molar-refractivity contribution in [1.29, 1.82) is 0 Å². The predicted octanol–water partition coefficient (Wildman–Crippen LogP) is 8.85. The quantitative estimate of drug-likeness (QED) is 0.171. The topological polar surface area (TPSA) is 128 Å². The monoisotopic (exact) mass is 802 g/mol. The Bertz CT molecular complexity index is 1960. The average Bonchev–Trinajstić information content (AvgIpc) is 3.48. The SMILES string of the molecule is CC(=O)C(C)(C)c1cn2c3cc(ccc13)-c1cc(cc(O[Si](C(C)C)(C(C)C)C(C)C)c1)C[C@H](NC(=O)OC(C)(C)C)C(=O)N1CCC[C@H](N1)C(=O)OC[C@@H](C)C2. The number of rotatable bonds is 8. The fourth-order valence-corrected chi connectivity index (χ4v) is 14.0. The summed E-state index contributed by atoms with van der Waals surface area (Å²) in [5.41, 5.74) is 7.12. The lowest BCUT2D eigenvalue weighted by Gasteiger charge is -2.42. The van der Waals surface area contributed by atoms with Gasteiger partial charge in [-0.1, -0.05) is 66.7 Å². The van der Waals surface area contributed by atoms with E-state index in [1.54, 1.807) is 27.7 Å². The number of fused-ring (bicyclic) bond motifs is 6. The molecule has 2 N–H and O–H groups in total. The van der Waals surface area contributed by atoms with Gasteiger partial charge in [-0.2, -0.15) is 0 Å². The molecule has 3 heterocycles. The summed E-state index contributed by atoms with van der Waals surface area (Å²) >= 11 is 0. The van der Waals surface area contributed by atoms with E-state index in [0.29, 0.717) is 42.6 Å². The summed E-state index contributed by atoms with van der Waals surface area (Å²) in [4.78, 5) is 54.3. The van der Waals surface area contributed by atoms with E-state index in [1.165, 1.54) is 5.01 Å². The van der Waals surface area contributed by atoms with Crippen LogP contribution in [0.15, 0.2) is 42.6 Å². The lowest BCUT2D eigenvalue weighted by Crippen LogP contribution is -2.60. The Morgan fingerprint density at radius 3 is 2.23 bits per heavy atom. The van der Waals surface area contributed by atoms with Crippen LogP contribution >= 0.6 is 0 Å². The molecule has 0 radical (unpaired) electrons. The summed E-state index contributed by atoms with van der Waals surface area (Å²) in [6.07, 6.45) is 2.59. The third-order valence-electron chi connectivity index (χ3n) is 11.9. The van der Waals surface area contributed by atoms with Crippen molar-refractivity contribution in [1.82, 2.24) is 20.3 Å². The molecule has 2 aromatic carbocycles. The molecule has 0 saturated carbocycles. The van der Waals surface area contributed by atoms with Crippen LogP contribution < -0.4 is 15.2 Å². The van der Waals surface area contributed by atoms with Crippen molar-refractivity contribution in [2.75, 3.05) is 13.2 Å². The fourth-order valence-electron chi connectivity index (χ4n) is 8.77. The molecule has 0 spiro atoms. The molecule has 312 valence electrons. The van der Waals surface area contributed by atoms with E-state index in [2.05, 4.69) is 93.4 Å². The second-order valence-electron chi connectivity index (χ2n) is 18.8. The number of esters is 1. The van der Waals surface area contributed by atoms with Crippen molar-refractivity contribution >= 4 is 43.0 Å². The van der Waals surface area contributed by atoms with Crippen LogP contribution in [0.2, 0.25) is 16.6 Å². The highest BCUT2D eigenvalue weighted by Crippen LogP contribution is 2.44. The number of aromatic nitrogens is 1. The maximum Gasteiger partial charge on any atom is 0.408 e. The molecule has 12 heteroatoms. The van der Waals surface area contributed by atoms with Gasteiger partial charge in [-0.3, -0.25) is 19.4 Å². The van der Waals surface area contributed by atoms with Crippen LogP contribution in [0.3, 0.4) is 0 Å². The van der Waals surface area contributed by atoms with Crippen LogP contribution in [-0.2, 0) is 42.2 Å². The summed E-state index contributed by atoms with van der Waals surface area (Å²) in [6, 6.07) is 10.7. The number of nitrogens with zero attached hydrogens (tertiary/aromatic N) is 2. The zero-order chi connectivity index (χ0) is 42.2. The Balaban J connectivity index is 1.74. The Hall–Kier alpha value is -4.16. The van der Waals surface area contributed by atoms with E-state index in [9.17, 15) is 19.2 Å². The molecule has 2 aliphatic rings. The average molecular weight is 803 g/mol. The minimum atomic E-state index is -2.42. The van der Waals surface area contributed by atoms with Crippen LogP contribution in [-0.4, -0.2) is 72.5 Å². The first-order valence-corrected chi connectivity index (χ1v) is 22.9. The van der Waals surface area contributed by atoms with Gasteiger partial charge in [0.2, 0.25) is 0 Å². The molecule has 5 rings (SSSR count). The van der Waals surface area contributed by atoms with Gasteiger partial charge in [0.25, 0.3) is 14.2 Å². The van der Waals surface area contributed by atoms with Gasteiger partial charge >= 0.3 is 12.1 Å². The zero-order valence-electron chi connectivity index (χ0n) is 36.5. The standard InChI is InChI=1S/C45H66N4O7Si/c1-27(2)57(28(3)4,29(5)6)56-35-20-32-19-34(22-35)33-16-17-36-37(45(12,13)31(8)50)25-48(40(36)23-33)24-30(7)26-54-42(52)38-15-14-18-49(47-38)41(51)39(21-32)46-43(53)55-44(9,10)11/h16-17,19-20,22-23,25,27-30,38-39,47H,14-15,18,21,24,26H2,1-13H3,(H,46,53)/t30-,38-,39-/m0/s1. The van der Waals surface area contributed by atoms with Gasteiger partial charge in [0.1, 0.15) is 29.2 Å². The number of cyclic esters (lactones) is 1. The molecule has 2 aliphatic heterocycles. The molecule has 57 heavy (non-hydrogen) atoms. The summed E-state index contributed by atoms with van der Waals surface area (Å²) in [5, 5.41) is 5.29. The van der Waals surface area contributed by atoms with Crippen LogP contribution in [0.25, 0.3) is 22.0 Å². The predicted molar refractivity (Wildman–Crippen MR) is 228 cm³/mol. The molecule has 1 saturated heterocycles. The van der Waals surface area contributed by atoms with E-state index >= 15 is 0 Å². The molecule has 11 nitrogen and oxygen atoms in total. The number of hydrazine groups is 1. The molecular formula is C45H66N4O7Si. The number of ether oxygens (including phenoxy) is 2. The zero-order valence-corrected chi connectivity index (χ0v) is 37.5. The number of benzene rings is 2. The largest absolute Gasteiger partial charge is 0.543 e. The molecule has 0 unspecified atom stereocenters. The van der Waals surface area contributed by atoms with Gasteiger partial charge in [0.05, 0.1) is 12.0 Å². The van der Waals surface area contributed by atoms with Crippen molar-refractivity contribution < 1.29 is 33.1 Å². The number of alkyl carbamates (subject to hydrolysis) is 1. The smallest absolute Gasteiger partial charge is 0.408 e. The number of hydrogen-bond acceptors (Lipinski definition) is 8. The van der Waals surface area contributed by atoms with Crippen LogP contribution in [0.5, 0.6) is 5.75 Å². The third kappa shape index (κ3) is 9.60. The van der Waals surface area contributed by atoms with E-state index in [0.717, 1.165) is 38.9 Å². The van der Waals surface area contributed by atoms with E-state index in [4.69, 9.17) is 13.9 Å². The summed E-state index contributed by atoms with van der Waals surface area (Å²) in [6.45, 7) is 27.5. The highest BCUT2D eigenvalue weighted by Gasteiger charge is 2.47. The number of amides is 2. The number of carbonyl (C=O) groups excluding carboxylic acids is 4. The van der Waals surface area contributed by atoms with E-state index in [1.807, 2.05) is 26.8 Å². The minimum Gasteiger partial charge on any atom is -0.543 e. The van der Waals surface area contributed by atoms with Crippen molar-refractivity contribution in [2.24, 2.45) is 5.92 Å². The van der Waals surface area contributed by atoms with Gasteiger partial charge in [-0.05, 0) is 111 Å². The van der Waals surface area contributed by atoms with Crippen molar-refractivity contribution in [3.05, 3.63) is 53.7 Å². The minimum absolute atomic E-state index is 0.0615. The highest BCUT2D eigenvalue weighted by molar-refractivity contribution is 6.78. The second-order valence-corrected chi connectivity index (χ2v) is 24.2. The third-order valence-corrected chi connectivity index (χ3v) is 17.9. The molecule has 2 amide bonds.